The van der Waals surface area contributed by atoms with Gasteiger partial charge in [-0.3, -0.25) is 9.78 Å². The lowest BCUT2D eigenvalue weighted by atomic mass is 9.92. The molecule has 5 aromatic rings. The highest BCUT2D eigenvalue weighted by atomic mass is 16.2. The van der Waals surface area contributed by atoms with Crippen molar-refractivity contribution >= 4 is 41.6 Å². The van der Waals surface area contributed by atoms with Gasteiger partial charge in [-0.05, 0) is 42.1 Å². The summed E-state index contributed by atoms with van der Waals surface area (Å²) in [6.45, 7) is 1.97. The molecule has 8 nitrogen and oxygen atoms in total. The van der Waals surface area contributed by atoms with E-state index in [1.165, 1.54) is 0 Å². The molecule has 5 heterocycles. The summed E-state index contributed by atoms with van der Waals surface area (Å²) in [6, 6.07) is 15.9. The molecule has 35 heavy (non-hydrogen) atoms. The number of piperidine rings is 1. The Morgan fingerprint density at radius 3 is 2.77 bits per heavy atom. The number of aromatic amines is 1. The van der Waals surface area contributed by atoms with Gasteiger partial charge in [0.25, 0.3) is 5.91 Å². The number of H-pyrrole nitrogens is 1. The fourth-order valence-corrected chi connectivity index (χ4v) is 4.77. The number of benzene rings is 1. The van der Waals surface area contributed by atoms with Crippen LogP contribution in [0.15, 0.2) is 67.1 Å². The number of aromatic nitrogens is 5. The smallest absolute Gasteiger partial charge is 0.270 e. The van der Waals surface area contributed by atoms with E-state index >= 15 is 0 Å². The first-order chi connectivity index (χ1) is 17.2. The van der Waals surface area contributed by atoms with Gasteiger partial charge in [-0.2, -0.15) is 9.61 Å². The summed E-state index contributed by atoms with van der Waals surface area (Å²) < 4.78 is 1.74. The summed E-state index contributed by atoms with van der Waals surface area (Å²) in [5, 5.41) is 8.90. The zero-order chi connectivity index (χ0) is 23.8. The van der Waals surface area contributed by atoms with Crippen molar-refractivity contribution in [3.8, 4) is 0 Å². The molecule has 0 aliphatic carbocycles. The summed E-state index contributed by atoms with van der Waals surface area (Å²) >= 11 is 0. The third-order valence-corrected chi connectivity index (χ3v) is 6.68. The van der Waals surface area contributed by atoms with Crippen LogP contribution in [0, 0.1) is 0 Å². The molecule has 0 saturated carbocycles. The summed E-state index contributed by atoms with van der Waals surface area (Å²) in [6.07, 6.45) is 6.90. The molecule has 6 rings (SSSR count). The van der Waals surface area contributed by atoms with Crippen LogP contribution in [0.3, 0.4) is 0 Å². The number of fused-ring (bicyclic) bond motifs is 2. The molecule has 1 aromatic carbocycles. The normalized spacial score (nSPS) is 14.6. The number of pyridine rings is 1. The van der Waals surface area contributed by atoms with E-state index in [0.29, 0.717) is 36.4 Å². The third kappa shape index (κ3) is 4.14. The number of hydrogen-bond acceptors (Lipinski definition) is 5. The molecule has 1 aliphatic rings. The van der Waals surface area contributed by atoms with Gasteiger partial charge in [-0.25, -0.2) is 4.98 Å². The standard InChI is InChI=1S/C26H24BN7O/c27-20-16-30-34-24(29-15-17-4-3-9-28-14-17)13-22(32-25(20)34)18-7-10-33(11-8-18)26(35)23-12-19-5-1-2-6-21(19)31-23/h1-6,9,12-14,16,18,29,31H,7-8,10-11,15H2. The van der Waals surface area contributed by atoms with Crippen molar-refractivity contribution < 1.29 is 4.79 Å². The van der Waals surface area contributed by atoms with Crippen LogP contribution in [0.25, 0.3) is 16.6 Å². The molecule has 1 saturated heterocycles. The van der Waals surface area contributed by atoms with E-state index in [1.807, 2.05) is 53.6 Å². The summed E-state index contributed by atoms with van der Waals surface area (Å²) in [5.74, 6) is 1.11. The predicted molar refractivity (Wildman–Crippen MR) is 136 cm³/mol. The molecule has 0 atom stereocenters. The molecule has 2 radical (unpaired) electrons. The van der Waals surface area contributed by atoms with Crippen LogP contribution in [0.2, 0.25) is 0 Å². The van der Waals surface area contributed by atoms with Crippen molar-refractivity contribution in [1.82, 2.24) is 29.5 Å². The minimum absolute atomic E-state index is 0.0434. The number of rotatable bonds is 5. The zero-order valence-electron chi connectivity index (χ0n) is 19.2. The van der Waals surface area contributed by atoms with Gasteiger partial charge in [-0.15, -0.1) is 0 Å². The molecule has 9 heteroatoms. The van der Waals surface area contributed by atoms with E-state index in [4.69, 9.17) is 12.8 Å². The molecule has 0 bridgehead atoms. The van der Waals surface area contributed by atoms with Crippen LogP contribution in [0.1, 0.15) is 40.5 Å². The fraction of sp³-hybridized carbons (Fsp3) is 0.231. The number of nitrogens with zero attached hydrogens (tertiary/aromatic N) is 5. The molecule has 1 aliphatic heterocycles. The highest BCUT2D eigenvalue weighted by Crippen LogP contribution is 2.30. The molecule has 4 aromatic heterocycles. The number of hydrogen-bond donors (Lipinski definition) is 2. The highest BCUT2D eigenvalue weighted by Gasteiger charge is 2.27. The van der Waals surface area contributed by atoms with Gasteiger partial charge < -0.3 is 15.2 Å². The minimum atomic E-state index is 0.0434. The molecule has 172 valence electrons. The second-order valence-electron chi connectivity index (χ2n) is 8.95. The Kier molecular flexibility index (Phi) is 5.44. The van der Waals surface area contributed by atoms with Crippen molar-refractivity contribution in [1.29, 1.82) is 0 Å². The number of likely N-dealkylation sites (tertiary alicyclic amines) is 1. The number of nitrogens with one attached hydrogen (secondary N) is 2. The molecule has 2 N–H and O–H groups in total. The third-order valence-electron chi connectivity index (χ3n) is 6.68. The van der Waals surface area contributed by atoms with Crippen LogP contribution in [0.4, 0.5) is 5.82 Å². The summed E-state index contributed by atoms with van der Waals surface area (Å²) in [7, 11) is 6.17. The summed E-state index contributed by atoms with van der Waals surface area (Å²) in [4.78, 5) is 27.3. The number of carbonyl (C=O) groups is 1. The fourth-order valence-electron chi connectivity index (χ4n) is 4.77. The van der Waals surface area contributed by atoms with E-state index in [1.54, 1.807) is 16.9 Å². The van der Waals surface area contributed by atoms with Crippen LogP contribution in [-0.4, -0.2) is 56.3 Å². The first-order valence-electron chi connectivity index (χ1n) is 11.8. The van der Waals surface area contributed by atoms with Gasteiger partial charge in [0.2, 0.25) is 0 Å². The SMILES string of the molecule is [B]c1cnn2c(NCc3cccnc3)cc(C3CCN(C(=O)c4cc5ccccc5[nH]4)CC3)nc12. The van der Waals surface area contributed by atoms with Gasteiger partial charge in [0.05, 0.1) is 0 Å². The Morgan fingerprint density at radius 1 is 1.11 bits per heavy atom. The lowest BCUT2D eigenvalue weighted by molar-refractivity contribution is 0.0707. The molecule has 1 amide bonds. The minimum Gasteiger partial charge on any atom is -0.366 e. The van der Waals surface area contributed by atoms with Crippen LogP contribution in [0.5, 0.6) is 0 Å². The van der Waals surface area contributed by atoms with E-state index in [2.05, 4.69) is 26.4 Å². The first-order valence-corrected chi connectivity index (χ1v) is 11.8. The maximum absolute atomic E-state index is 13.1. The highest BCUT2D eigenvalue weighted by molar-refractivity contribution is 6.36. The van der Waals surface area contributed by atoms with E-state index in [0.717, 1.165) is 40.8 Å². The van der Waals surface area contributed by atoms with E-state index in [9.17, 15) is 4.79 Å². The molecular weight excluding hydrogens is 437 g/mol. The maximum Gasteiger partial charge on any atom is 0.270 e. The number of para-hydroxylation sites is 1. The average molecular weight is 461 g/mol. The number of anilines is 1. The van der Waals surface area contributed by atoms with Crippen molar-refractivity contribution in [2.24, 2.45) is 0 Å². The molecule has 1 fully saturated rings. The largest absolute Gasteiger partial charge is 0.366 e. The van der Waals surface area contributed by atoms with Gasteiger partial charge in [-0.1, -0.05) is 24.3 Å². The van der Waals surface area contributed by atoms with Gasteiger partial charge in [0, 0.05) is 66.8 Å². The predicted octanol–water partition coefficient (Wildman–Crippen LogP) is 3.03. The number of carbonyl (C=O) groups excluding carboxylic acids is 1. The first kappa shape index (κ1) is 21.4. The van der Waals surface area contributed by atoms with E-state index in [-0.39, 0.29) is 11.8 Å². The molecule has 0 unspecified atom stereocenters. The zero-order valence-corrected chi connectivity index (χ0v) is 19.2. The topological polar surface area (TPSA) is 91.2 Å². The second-order valence-corrected chi connectivity index (χ2v) is 8.95. The van der Waals surface area contributed by atoms with Crippen molar-refractivity contribution in [3.63, 3.8) is 0 Å². The Bertz CT molecular complexity index is 1470. The van der Waals surface area contributed by atoms with Crippen LogP contribution in [-0.2, 0) is 6.54 Å². The summed E-state index contributed by atoms with van der Waals surface area (Å²) in [5.41, 5.74) is 4.85. The Hall–Kier alpha value is -4.14. The Labute approximate surface area is 203 Å². The number of amides is 1. The second kappa shape index (κ2) is 8.90. The van der Waals surface area contributed by atoms with Crippen LogP contribution >= 0.6 is 0 Å². The molecular formula is C26H24BN7O. The van der Waals surface area contributed by atoms with Gasteiger partial charge in [0.15, 0.2) is 0 Å². The van der Waals surface area contributed by atoms with Crippen molar-refractivity contribution in [2.45, 2.75) is 25.3 Å². The Balaban J connectivity index is 1.19. The maximum atomic E-state index is 13.1. The van der Waals surface area contributed by atoms with E-state index < -0.39 is 0 Å². The van der Waals surface area contributed by atoms with Crippen molar-refractivity contribution in [2.75, 3.05) is 18.4 Å². The monoisotopic (exact) mass is 461 g/mol. The quantitative estimate of drug-likeness (QED) is 0.393. The average Bonchev–Trinajstić information content (AvgIpc) is 3.51. The lowest BCUT2D eigenvalue weighted by Crippen LogP contribution is -2.38. The van der Waals surface area contributed by atoms with Gasteiger partial charge >= 0.3 is 0 Å². The molecule has 0 spiro atoms. The van der Waals surface area contributed by atoms with Crippen molar-refractivity contribution in [3.05, 3.63) is 84.1 Å². The lowest BCUT2D eigenvalue weighted by Gasteiger charge is -2.31. The van der Waals surface area contributed by atoms with Crippen LogP contribution < -0.4 is 10.8 Å². The van der Waals surface area contributed by atoms with Gasteiger partial charge in [0.1, 0.15) is 25.0 Å². The Morgan fingerprint density at radius 2 is 1.97 bits per heavy atom.